The third-order valence-corrected chi connectivity index (χ3v) is 11.9. The second-order valence-electron chi connectivity index (χ2n) is 13.3. The number of nitrogen functional groups attached to an aromatic ring is 1. The van der Waals surface area contributed by atoms with Gasteiger partial charge in [0.1, 0.15) is 47.0 Å². The SMILES string of the molecule is COc1nc(N2CCC3(CCN3C(=O)n3cncn3)C2)c2cc(Cl)c(-c3ccc(F)c4sc(N)c(C#N)c34)c(F)c2n1.FC1CC2CCCN2C1. The minimum absolute atomic E-state index is 0.0251. The van der Waals surface area contributed by atoms with Crippen molar-refractivity contribution in [3.63, 3.8) is 0 Å². The molecule has 7 heterocycles. The van der Waals surface area contributed by atoms with E-state index in [0.29, 0.717) is 49.8 Å². The van der Waals surface area contributed by atoms with E-state index < -0.39 is 23.3 Å². The molecule has 1 amide bonds. The van der Waals surface area contributed by atoms with Crippen LogP contribution >= 0.6 is 22.9 Å². The van der Waals surface area contributed by atoms with E-state index in [4.69, 9.17) is 22.1 Å². The van der Waals surface area contributed by atoms with E-state index in [0.717, 1.165) is 30.7 Å². The number of rotatable bonds is 3. The number of likely N-dealkylation sites (tertiary alicyclic amines) is 1. The lowest BCUT2D eigenvalue weighted by molar-refractivity contribution is 0.0400. The van der Waals surface area contributed by atoms with Crippen LogP contribution in [0.4, 0.5) is 28.8 Å². The molecule has 4 saturated heterocycles. The summed E-state index contributed by atoms with van der Waals surface area (Å²) in [5.41, 5.74) is 5.72. The van der Waals surface area contributed by atoms with Crippen molar-refractivity contribution in [1.29, 1.82) is 5.26 Å². The van der Waals surface area contributed by atoms with Gasteiger partial charge in [-0.15, -0.1) is 11.3 Å². The molecule has 4 aliphatic heterocycles. The predicted molar refractivity (Wildman–Crippen MR) is 187 cm³/mol. The second kappa shape index (κ2) is 12.8. The first-order valence-corrected chi connectivity index (χ1v) is 17.8. The number of thiophene rings is 1. The Morgan fingerprint density at radius 1 is 1.22 bits per heavy atom. The van der Waals surface area contributed by atoms with Gasteiger partial charge in [0.25, 0.3) is 0 Å². The number of nitrogens with zero attached hydrogens (tertiary/aromatic N) is 9. The first-order valence-electron chi connectivity index (χ1n) is 16.6. The maximum absolute atomic E-state index is 16.5. The molecule has 2 N–H and O–H groups in total. The van der Waals surface area contributed by atoms with Gasteiger partial charge in [0.05, 0.1) is 27.9 Å². The summed E-state index contributed by atoms with van der Waals surface area (Å²) < 4.78 is 50.5. The summed E-state index contributed by atoms with van der Waals surface area (Å²) >= 11 is 7.65. The molecule has 0 saturated carbocycles. The van der Waals surface area contributed by atoms with Crippen molar-refractivity contribution in [3.05, 3.63) is 53.1 Å². The van der Waals surface area contributed by atoms with E-state index >= 15 is 4.39 Å². The highest BCUT2D eigenvalue weighted by Gasteiger charge is 2.52. The minimum atomic E-state index is -0.776. The number of alkyl halides is 1. The van der Waals surface area contributed by atoms with Crippen LogP contribution in [-0.2, 0) is 0 Å². The number of carbonyl (C=O) groups excluding carboxylic acids is 1. The van der Waals surface area contributed by atoms with E-state index in [-0.39, 0.29) is 54.4 Å². The first kappa shape index (κ1) is 33.4. The van der Waals surface area contributed by atoms with Crippen molar-refractivity contribution in [2.75, 3.05) is 50.5 Å². The van der Waals surface area contributed by atoms with Crippen LogP contribution in [0.1, 0.15) is 37.7 Å². The number of hydrogen-bond acceptors (Lipinski definition) is 11. The lowest BCUT2D eigenvalue weighted by atomic mass is 9.84. The van der Waals surface area contributed by atoms with Crippen molar-refractivity contribution >= 4 is 60.8 Å². The fourth-order valence-corrected chi connectivity index (χ4v) is 9.25. The Balaban J connectivity index is 0.000000359. The maximum Gasteiger partial charge on any atom is 0.346 e. The van der Waals surface area contributed by atoms with E-state index in [1.165, 1.54) is 49.4 Å². The molecular weight excluding hydrogens is 705 g/mol. The Morgan fingerprint density at radius 2 is 2.04 bits per heavy atom. The van der Waals surface area contributed by atoms with Crippen LogP contribution in [0.3, 0.4) is 0 Å². The van der Waals surface area contributed by atoms with Gasteiger partial charge in [0.15, 0.2) is 5.82 Å². The van der Waals surface area contributed by atoms with Crippen LogP contribution in [0.25, 0.3) is 32.1 Å². The van der Waals surface area contributed by atoms with Crippen LogP contribution in [0, 0.1) is 23.0 Å². The quantitative estimate of drug-likeness (QED) is 0.234. The molecule has 3 aromatic heterocycles. The van der Waals surface area contributed by atoms with Crippen LogP contribution in [-0.4, -0.2) is 98.1 Å². The molecule has 4 fully saturated rings. The summed E-state index contributed by atoms with van der Waals surface area (Å²) in [6.07, 6.45) is 6.94. The fourth-order valence-electron chi connectivity index (χ4n) is 8.01. The van der Waals surface area contributed by atoms with Crippen molar-refractivity contribution in [3.8, 4) is 23.2 Å². The Morgan fingerprint density at radius 3 is 2.75 bits per heavy atom. The van der Waals surface area contributed by atoms with Gasteiger partial charge in [-0.3, -0.25) is 4.90 Å². The monoisotopic (exact) mass is 736 g/mol. The number of carbonyl (C=O) groups is 1. The van der Waals surface area contributed by atoms with Crippen molar-refractivity contribution < 1.29 is 22.7 Å². The van der Waals surface area contributed by atoms with Gasteiger partial charge >= 0.3 is 12.0 Å². The van der Waals surface area contributed by atoms with Gasteiger partial charge in [0.2, 0.25) is 0 Å². The first-order chi connectivity index (χ1) is 24.6. The summed E-state index contributed by atoms with van der Waals surface area (Å²) in [5, 5.41) is 14.4. The summed E-state index contributed by atoms with van der Waals surface area (Å²) in [4.78, 5) is 31.8. The van der Waals surface area contributed by atoms with E-state index in [2.05, 4.69) is 25.0 Å². The molecule has 0 bridgehead atoms. The smallest absolute Gasteiger partial charge is 0.346 e. The number of hydrogen-bond donors (Lipinski definition) is 1. The van der Waals surface area contributed by atoms with Crippen molar-refractivity contribution in [1.82, 2.24) is 34.5 Å². The molecule has 264 valence electrons. The molecule has 12 nitrogen and oxygen atoms in total. The molecule has 9 rings (SSSR count). The topological polar surface area (TPSA) is 142 Å². The highest BCUT2D eigenvalue weighted by Crippen LogP contribution is 2.47. The van der Waals surface area contributed by atoms with Gasteiger partial charge in [-0.25, -0.2) is 22.9 Å². The number of aromatic nitrogens is 5. The van der Waals surface area contributed by atoms with E-state index in [1.807, 2.05) is 11.0 Å². The van der Waals surface area contributed by atoms with Gasteiger partial charge in [0, 0.05) is 48.6 Å². The molecule has 17 heteroatoms. The molecule has 51 heavy (non-hydrogen) atoms. The third-order valence-electron chi connectivity index (χ3n) is 10.5. The summed E-state index contributed by atoms with van der Waals surface area (Å²) in [7, 11) is 1.38. The molecule has 0 aliphatic carbocycles. The Kier molecular flexibility index (Phi) is 8.39. The molecular formula is C34H32ClF3N10O2S. The molecule has 0 radical (unpaired) electrons. The average Bonchev–Trinajstić information content (AvgIpc) is 3.94. The van der Waals surface area contributed by atoms with Crippen LogP contribution in [0.5, 0.6) is 6.01 Å². The van der Waals surface area contributed by atoms with Gasteiger partial charge in [-0.05, 0) is 56.3 Å². The Hall–Kier alpha value is -4.72. The lowest BCUT2D eigenvalue weighted by Crippen LogP contribution is -2.64. The highest BCUT2D eigenvalue weighted by molar-refractivity contribution is 7.23. The number of anilines is 2. The zero-order valence-corrected chi connectivity index (χ0v) is 29.0. The maximum atomic E-state index is 16.5. The van der Waals surface area contributed by atoms with Crippen LogP contribution in [0.15, 0.2) is 30.9 Å². The summed E-state index contributed by atoms with van der Waals surface area (Å²) in [6.45, 7) is 3.42. The largest absolute Gasteiger partial charge is 0.467 e. The number of halogens is 4. The number of nitriles is 1. The average molecular weight is 737 g/mol. The number of methoxy groups -OCH3 is 1. The molecule has 1 spiro atoms. The molecule has 2 aromatic carbocycles. The normalized spacial score (nSPS) is 22.7. The van der Waals surface area contributed by atoms with Gasteiger partial charge < -0.3 is 20.3 Å². The second-order valence-corrected chi connectivity index (χ2v) is 14.7. The summed E-state index contributed by atoms with van der Waals surface area (Å²) in [5.74, 6) is -0.949. The zero-order chi connectivity index (χ0) is 35.6. The molecule has 4 aliphatic rings. The van der Waals surface area contributed by atoms with Crippen LogP contribution < -0.4 is 15.4 Å². The van der Waals surface area contributed by atoms with Gasteiger partial charge in [-0.1, -0.05) is 17.7 Å². The molecule has 3 atom stereocenters. The lowest BCUT2D eigenvalue weighted by Gasteiger charge is -2.50. The number of fused-ring (bicyclic) bond motifs is 3. The van der Waals surface area contributed by atoms with E-state index in [9.17, 15) is 18.8 Å². The predicted octanol–water partition coefficient (Wildman–Crippen LogP) is 6.01. The van der Waals surface area contributed by atoms with Gasteiger partial charge in [-0.2, -0.15) is 25.0 Å². The molecule has 3 unspecified atom stereocenters. The minimum Gasteiger partial charge on any atom is -0.467 e. The Labute approximate surface area is 299 Å². The number of amides is 1. The third kappa shape index (κ3) is 5.49. The highest BCUT2D eigenvalue weighted by atomic mass is 35.5. The molecule has 5 aromatic rings. The fraction of sp³-hybridized carbons (Fsp3) is 0.412. The van der Waals surface area contributed by atoms with Crippen molar-refractivity contribution in [2.45, 2.75) is 49.9 Å². The number of benzene rings is 2. The Bertz CT molecular complexity index is 2220. The van der Waals surface area contributed by atoms with Crippen LogP contribution in [0.2, 0.25) is 5.02 Å². The van der Waals surface area contributed by atoms with E-state index in [1.54, 1.807) is 11.0 Å². The number of nitrogens with two attached hydrogens (primary N) is 1. The number of ether oxygens (including phenoxy) is 1. The summed E-state index contributed by atoms with van der Waals surface area (Å²) in [6, 6.07) is 6.42. The standard InChI is InChI=1S/C27H20ClF2N9O2S.C7H12FN/c1-41-25-35-21-14(24(36-25)37-6-4-27(10-37)5-7-38(27)26(40)39-12-33-11-34-39)8-16(28)19(20(21)30)13-2-3-17(29)22-18(13)15(9-31)23(32)42-22;8-6-4-7-2-1-3-9(7)5-6/h2-3,8,11-12H,4-7,10,32H2,1H3;6-7H,1-5H2. The zero-order valence-electron chi connectivity index (χ0n) is 27.5. The van der Waals surface area contributed by atoms with Crippen molar-refractivity contribution in [2.24, 2.45) is 0 Å².